The average Bonchev–Trinajstić information content (AvgIpc) is 2.72. The first-order valence-electron chi connectivity index (χ1n) is 9.41. The lowest BCUT2D eigenvalue weighted by molar-refractivity contribution is 0.389. The first-order chi connectivity index (χ1) is 13.6. The van der Waals surface area contributed by atoms with Crippen LogP contribution in [0, 0.1) is 0 Å². The second-order valence-corrected chi connectivity index (χ2v) is 6.82. The van der Waals surface area contributed by atoms with E-state index in [1.165, 1.54) is 0 Å². The van der Waals surface area contributed by atoms with Crippen LogP contribution < -0.4 is 9.47 Å². The molecule has 1 aliphatic carbocycles. The van der Waals surface area contributed by atoms with Crippen LogP contribution in [0.15, 0.2) is 46.4 Å². The van der Waals surface area contributed by atoms with Crippen molar-refractivity contribution in [1.82, 2.24) is 0 Å². The number of ether oxygens (including phenoxy) is 2. The van der Waals surface area contributed by atoms with Gasteiger partial charge in [0.25, 0.3) is 0 Å². The van der Waals surface area contributed by atoms with E-state index in [0.29, 0.717) is 22.6 Å². The van der Waals surface area contributed by atoms with Gasteiger partial charge >= 0.3 is 0 Å². The minimum absolute atomic E-state index is 0.0480. The van der Waals surface area contributed by atoms with Crippen molar-refractivity contribution in [1.29, 1.82) is 0 Å². The standard InChI is InChI=1S/C22H26N2O4/c1-27-17-9-7-15(21(25)11-17)13-23-19-5-3-4-6-20(19)24-14-16-8-10-18(28-2)12-22(16)26/h7-14,19-20,25-26H,3-6H2,1-2H3/t19-,20-/m1/s1. The second-order valence-electron chi connectivity index (χ2n) is 6.82. The van der Waals surface area contributed by atoms with Crippen LogP contribution in [-0.2, 0) is 0 Å². The molecule has 0 heterocycles. The Balaban J connectivity index is 1.73. The minimum Gasteiger partial charge on any atom is -0.507 e. The summed E-state index contributed by atoms with van der Waals surface area (Å²) in [6, 6.07) is 10.4. The van der Waals surface area contributed by atoms with E-state index in [9.17, 15) is 10.2 Å². The lowest BCUT2D eigenvalue weighted by Crippen LogP contribution is -2.27. The first kappa shape index (κ1) is 19.7. The Morgan fingerprint density at radius 2 is 1.21 bits per heavy atom. The van der Waals surface area contributed by atoms with Gasteiger partial charge < -0.3 is 19.7 Å². The number of nitrogens with zero attached hydrogens (tertiary/aromatic N) is 2. The third kappa shape index (κ3) is 4.82. The van der Waals surface area contributed by atoms with Crippen LogP contribution in [0.25, 0.3) is 0 Å². The van der Waals surface area contributed by atoms with E-state index in [4.69, 9.17) is 19.5 Å². The highest BCUT2D eigenvalue weighted by molar-refractivity contribution is 5.84. The molecule has 6 nitrogen and oxygen atoms in total. The maximum Gasteiger partial charge on any atom is 0.128 e. The zero-order valence-corrected chi connectivity index (χ0v) is 16.2. The summed E-state index contributed by atoms with van der Waals surface area (Å²) in [7, 11) is 3.13. The molecule has 6 heteroatoms. The van der Waals surface area contributed by atoms with Crippen LogP contribution in [0.2, 0.25) is 0 Å². The van der Waals surface area contributed by atoms with Gasteiger partial charge in [0.1, 0.15) is 23.0 Å². The van der Waals surface area contributed by atoms with E-state index < -0.39 is 0 Å². The van der Waals surface area contributed by atoms with Gasteiger partial charge in [-0.05, 0) is 37.1 Å². The predicted octanol–water partition coefficient (Wildman–Crippen LogP) is 3.96. The molecule has 0 bridgehead atoms. The Labute approximate surface area is 165 Å². The molecular weight excluding hydrogens is 356 g/mol. The van der Waals surface area contributed by atoms with Gasteiger partial charge in [0, 0.05) is 35.7 Å². The van der Waals surface area contributed by atoms with Gasteiger partial charge in [0.15, 0.2) is 0 Å². The van der Waals surface area contributed by atoms with Gasteiger partial charge in [-0.25, -0.2) is 0 Å². The monoisotopic (exact) mass is 382 g/mol. The van der Waals surface area contributed by atoms with E-state index in [-0.39, 0.29) is 23.6 Å². The number of rotatable bonds is 6. The molecule has 0 amide bonds. The molecule has 2 atom stereocenters. The maximum absolute atomic E-state index is 10.1. The molecule has 0 aromatic heterocycles. The van der Waals surface area contributed by atoms with Crippen molar-refractivity contribution in [2.24, 2.45) is 9.98 Å². The molecule has 148 valence electrons. The molecule has 0 spiro atoms. The van der Waals surface area contributed by atoms with Crippen molar-refractivity contribution >= 4 is 12.4 Å². The number of benzene rings is 2. The van der Waals surface area contributed by atoms with Crippen molar-refractivity contribution in [3.05, 3.63) is 47.5 Å². The molecule has 0 saturated heterocycles. The summed E-state index contributed by atoms with van der Waals surface area (Å²) in [5.41, 5.74) is 1.31. The van der Waals surface area contributed by atoms with Crippen molar-refractivity contribution in [2.45, 2.75) is 37.8 Å². The van der Waals surface area contributed by atoms with Gasteiger partial charge in [0.05, 0.1) is 26.3 Å². The summed E-state index contributed by atoms with van der Waals surface area (Å²) in [6.45, 7) is 0. The Hall–Kier alpha value is -3.02. The fraction of sp³-hybridized carbons (Fsp3) is 0.364. The summed E-state index contributed by atoms with van der Waals surface area (Å²) >= 11 is 0. The molecule has 28 heavy (non-hydrogen) atoms. The zero-order valence-electron chi connectivity index (χ0n) is 16.2. The summed E-state index contributed by atoms with van der Waals surface area (Å²) in [5, 5.41) is 20.2. The van der Waals surface area contributed by atoms with Gasteiger partial charge in [-0.1, -0.05) is 12.8 Å². The zero-order chi connectivity index (χ0) is 19.9. The van der Waals surface area contributed by atoms with Crippen molar-refractivity contribution < 1.29 is 19.7 Å². The van der Waals surface area contributed by atoms with Gasteiger partial charge in [-0.2, -0.15) is 0 Å². The van der Waals surface area contributed by atoms with Crippen LogP contribution in [0.1, 0.15) is 36.8 Å². The fourth-order valence-electron chi connectivity index (χ4n) is 3.31. The Morgan fingerprint density at radius 1 is 0.786 bits per heavy atom. The molecule has 0 radical (unpaired) electrons. The first-order valence-corrected chi connectivity index (χ1v) is 9.41. The van der Waals surface area contributed by atoms with Crippen LogP contribution in [-0.4, -0.2) is 48.9 Å². The third-order valence-electron chi connectivity index (χ3n) is 4.98. The number of phenolic OH excluding ortho intramolecular Hbond substituents is 2. The van der Waals surface area contributed by atoms with Crippen molar-refractivity contribution in [3.8, 4) is 23.0 Å². The molecule has 1 saturated carbocycles. The van der Waals surface area contributed by atoms with Gasteiger partial charge in [0.2, 0.25) is 0 Å². The quantitative estimate of drug-likeness (QED) is 0.741. The topological polar surface area (TPSA) is 83.6 Å². The highest BCUT2D eigenvalue weighted by Gasteiger charge is 2.23. The third-order valence-corrected chi connectivity index (χ3v) is 4.98. The molecule has 2 aromatic rings. The minimum atomic E-state index is 0.0480. The molecule has 0 unspecified atom stereocenters. The molecule has 1 fully saturated rings. The normalized spacial score (nSPS) is 19.9. The fourth-order valence-corrected chi connectivity index (χ4v) is 3.31. The predicted molar refractivity (Wildman–Crippen MR) is 111 cm³/mol. The number of methoxy groups -OCH3 is 2. The largest absolute Gasteiger partial charge is 0.507 e. The number of aromatic hydroxyl groups is 2. The maximum atomic E-state index is 10.1. The van der Waals surface area contributed by atoms with Gasteiger partial charge in [-0.3, -0.25) is 9.98 Å². The van der Waals surface area contributed by atoms with E-state index in [1.54, 1.807) is 63.0 Å². The van der Waals surface area contributed by atoms with E-state index >= 15 is 0 Å². The average molecular weight is 382 g/mol. The van der Waals surface area contributed by atoms with Crippen LogP contribution in [0.4, 0.5) is 0 Å². The molecule has 0 aliphatic heterocycles. The van der Waals surface area contributed by atoms with Crippen LogP contribution in [0.5, 0.6) is 23.0 Å². The number of hydrogen-bond acceptors (Lipinski definition) is 6. The number of aliphatic imine (C=N–C) groups is 2. The summed E-state index contributed by atoms with van der Waals surface area (Å²) in [5.74, 6) is 1.49. The second kappa shape index (κ2) is 9.26. The molecule has 2 N–H and O–H groups in total. The summed E-state index contributed by atoms with van der Waals surface area (Å²) in [6.07, 6.45) is 7.52. The van der Waals surface area contributed by atoms with Crippen LogP contribution in [0.3, 0.4) is 0 Å². The van der Waals surface area contributed by atoms with Gasteiger partial charge in [-0.15, -0.1) is 0 Å². The lowest BCUT2D eigenvalue weighted by atomic mass is 9.91. The highest BCUT2D eigenvalue weighted by atomic mass is 16.5. The molecule has 1 aliphatic rings. The number of phenols is 2. The lowest BCUT2D eigenvalue weighted by Gasteiger charge is -2.25. The molecule has 3 rings (SSSR count). The van der Waals surface area contributed by atoms with E-state index in [0.717, 1.165) is 25.7 Å². The molecular formula is C22H26N2O4. The highest BCUT2D eigenvalue weighted by Crippen LogP contribution is 2.27. The summed E-state index contributed by atoms with van der Waals surface area (Å²) < 4.78 is 10.2. The van der Waals surface area contributed by atoms with Crippen LogP contribution >= 0.6 is 0 Å². The Morgan fingerprint density at radius 3 is 1.57 bits per heavy atom. The van der Waals surface area contributed by atoms with E-state index in [2.05, 4.69) is 0 Å². The Kier molecular flexibility index (Phi) is 6.53. The number of hydrogen-bond donors (Lipinski definition) is 2. The molecule has 2 aromatic carbocycles. The Bertz CT molecular complexity index is 792. The van der Waals surface area contributed by atoms with E-state index in [1.807, 2.05) is 0 Å². The van der Waals surface area contributed by atoms with Crippen molar-refractivity contribution in [2.75, 3.05) is 14.2 Å². The van der Waals surface area contributed by atoms with Crippen molar-refractivity contribution in [3.63, 3.8) is 0 Å². The smallest absolute Gasteiger partial charge is 0.128 e. The summed E-state index contributed by atoms with van der Waals surface area (Å²) in [4.78, 5) is 9.38. The SMILES string of the molecule is COc1ccc(C=N[C@@H]2CCCC[C@H]2N=Cc2ccc(OC)cc2O)c(O)c1.